The van der Waals surface area contributed by atoms with Crippen LogP contribution in [0.2, 0.25) is 0 Å². The molecular weight excluding hydrogens is 278 g/mol. The van der Waals surface area contributed by atoms with E-state index in [2.05, 4.69) is 44.2 Å². The summed E-state index contributed by atoms with van der Waals surface area (Å²) < 4.78 is 24.7. The van der Waals surface area contributed by atoms with Gasteiger partial charge in [-0.05, 0) is 67.1 Å². The highest BCUT2D eigenvalue weighted by molar-refractivity contribution is 5.82. The Bertz CT molecular complexity index is 1030. The fourth-order valence-corrected chi connectivity index (χ4v) is 3.72. The van der Waals surface area contributed by atoms with Crippen molar-refractivity contribution in [1.82, 2.24) is 0 Å². The van der Waals surface area contributed by atoms with Crippen LogP contribution in [0.5, 0.6) is 0 Å². The van der Waals surface area contributed by atoms with E-state index in [-0.39, 0.29) is 0 Å². The van der Waals surface area contributed by atoms with Gasteiger partial charge in [-0.2, -0.15) is 0 Å². The van der Waals surface area contributed by atoms with Gasteiger partial charge in [-0.3, -0.25) is 0 Å². The third kappa shape index (κ3) is 2.19. The minimum atomic E-state index is -2.08. The van der Waals surface area contributed by atoms with Crippen LogP contribution in [0.15, 0.2) is 48.7 Å². The van der Waals surface area contributed by atoms with Crippen molar-refractivity contribution in [2.45, 2.75) is 27.1 Å². The zero-order chi connectivity index (χ0) is 18.6. The van der Waals surface area contributed by atoms with Gasteiger partial charge in [0, 0.05) is 21.3 Å². The Morgan fingerprint density at radius 3 is 2.43 bits per heavy atom. The number of rotatable bonds is 1. The minimum Gasteiger partial charge on any atom is -0.201 e. The van der Waals surface area contributed by atoms with Gasteiger partial charge in [0.05, 0.1) is 0 Å². The van der Waals surface area contributed by atoms with Crippen LogP contribution in [0, 0.1) is 20.7 Å². The minimum absolute atomic E-state index is 0.366. The molecule has 1 aromatic heterocycles. The van der Waals surface area contributed by atoms with Gasteiger partial charge in [0.15, 0.2) is 6.20 Å². The first-order valence-corrected chi connectivity index (χ1v) is 7.98. The fraction of sp³-hybridized carbons (Fsp3) is 0.227. The standard InChI is InChI=1S/C22H22N/c1-14-5-7-19-17(11-14)12-21-16(3)18(8-9-20(19)21)22-10-6-15(2)13-23(22)4/h5-11,13H,12H2,1-4H3/q+1/i2D3. The van der Waals surface area contributed by atoms with Gasteiger partial charge < -0.3 is 0 Å². The van der Waals surface area contributed by atoms with Gasteiger partial charge in [-0.15, -0.1) is 0 Å². The van der Waals surface area contributed by atoms with Crippen LogP contribution in [0.3, 0.4) is 0 Å². The lowest BCUT2D eigenvalue weighted by atomic mass is 9.95. The second-order valence-electron chi connectivity index (χ2n) is 6.52. The SMILES string of the molecule is [2H]C([2H])([2H])c1ccc(-c2ccc3c(c2C)Cc2cc(C)ccc2-3)[n+](C)c1. The van der Waals surface area contributed by atoms with Crippen LogP contribution >= 0.6 is 0 Å². The maximum Gasteiger partial charge on any atom is 0.212 e. The van der Waals surface area contributed by atoms with Crippen LogP contribution in [0.25, 0.3) is 22.4 Å². The summed E-state index contributed by atoms with van der Waals surface area (Å²) in [5.41, 5.74) is 10.6. The molecule has 0 atom stereocenters. The second kappa shape index (κ2) is 5.06. The summed E-state index contributed by atoms with van der Waals surface area (Å²) in [7, 11) is 1.91. The second-order valence-corrected chi connectivity index (χ2v) is 6.52. The molecule has 114 valence electrons. The fourth-order valence-electron chi connectivity index (χ4n) is 3.72. The maximum absolute atomic E-state index is 7.60. The van der Waals surface area contributed by atoms with E-state index in [9.17, 15) is 0 Å². The molecule has 0 amide bonds. The predicted octanol–water partition coefficient (Wildman–Crippen LogP) is 4.67. The zero-order valence-corrected chi connectivity index (χ0v) is 13.8. The highest BCUT2D eigenvalue weighted by Crippen LogP contribution is 2.41. The molecule has 0 unspecified atom stereocenters. The van der Waals surface area contributed by atoms with Gasteiger partial charge in [-0.1, -0.05) is 29.8 Å². The smallest absolute Gasteiger partial charge is 0.201 e. The molecule has 0 spiro atoms. The summed E-state index contributed by atoms with van der Waals surface area (Å²) in [5, 5.41) is 0. The van der Waals surface area contributed by atoms with Crippen LogP contribution < -0.4 is 4.57 Å². The molecule has 0 radical (unpaired) electrons. The van der Waals surface area contributed by atoms with Crippen molar-refractivity contribution in [3.63, 3.8) is 0 Å². The predicted molar refractivity (Wildman–Crippen MR) is 95.5 cm³/mol. The third-order valence-corrected chi connectivity index (χ3v) is 4.93. The molecular formula is C22H22N+. The molecule has 0 saturated heterocycles. The molecule has 4 rings (SSSR count). The first-order valence-electron chi connectivity index (χ1n) is 9.48. The Labute approximate surface area is 142 Å². The summed E-state index contributed by atoms with van der Waals surface area (Å²) in [6.45, 7) is 2.22. The Balaban J connectivity index is 1.82. The van der Waals surface area contributed by atoms with Gasteiger partial charge in [-0.25, -0.2) is 4.57 Å². The molecule has 1 aliphatic rings. The van der Waals surface area contributed by atoms with Crippen molar-refractivity contribution in [2.75, 3.05) is 0 Å². The number of aromatic nitrogens is 1. The number of benzene rings is 2. The lowest BCUT2D eigenvalue weighted by molar-refractivity contribution is -0.660. The van der Waals surface area contributed by atoms with Crippen LogP contribution in [0.1, 0.15) is 31.9 Å². The summed E-state index contributed by atoms with van der Waals surface area (Å²) in [6, 6.07) is 14.7. The Morgan fingerprint density at radius 1 is 0.913 bits per heavy atom. The van der Waals surface area contributed by atoms with Crippen LogP contribution in [-0.2, 0) is 13.5 Å². The first kappa shape index (κ1) is 11.2. The molecule has 3 aromatic rings. The summed E-state index contributed by atoms with van der Waals surface area (Å²) in [5.74, 6) is 0. The highest BCUT2D eigenvalue weighted by Gasteiger charge is 2.23. The van der Waals surface area contributed by atoms with Crippen molar-refractivity contribution in [3.05, 3.63) is 76.5 Å². The molecule has 2 aromatic carbocycles. The Hall–Kier alpha value is -2.41. The van der Waals surface area contributed by atoms with Crippen molar-refractivity contribution >= 4 is 0 Å². The Morgan fingerprint density at radius 2 is 1.65 bits per heavy atom. The molecule has 1 nitrogen and oxygen atoms in total. The quantitative estimate of drug-likeness (QED) is 0.450. The summed E-state index contributed by atoms with van der Waals surface area (Å²) in [6.07, 6.45) is 2.68. The van der Waals surface area contributed by atoms with E-state index in [0.717, 1.165) is 17.7 Å². The molecule has 0 bridgehead atoms. The van der Waals surface area contributed by atoms with E-state index < -0.39 is 6.85 Å². The number of hydrogen-bond acceptors (Lipinski definition) is 0. The van der Waals surface area contributed by atoms with Crippen molar-refractivity contribution < 1.29 is 8.68 Å². The topological polar surface area (TPSA) is 3.88 Å². The molecule has 23 heavy (non-hydrogen) atoms. The maximum atomic E-state index is 7.60. The van der Waals surface area contributed by atoms with Gasteiger partial charge in [0.25, 0.3) is 0 Å². The average molecular weight is 303 g/mol. The molecule has 0 saturated carbocycles. The summed E-state index contributed by atoms with van der Waals surface area (Å²) >= 11 is 0. The van der Waals surface area contributed by atoms with E-state index in [0.29, 0.717) is 5.56 Å². The van der Waals surface area contributed by atoms with E-state index in [1.165, 1.54) is 33.4 Å². The molecule has 0 fully saturated rings. The van der Waals surface area contributed by atoms with E-state index in [4.69, 9.17) is 4.11 Å². The third-order valence-electron chi connectivity index (χ3n) is 4.93. The molecule has 1 aliphatic carbocycles. The average Bonchev–Trinajstić information content (AvgIpc) is 2.93. The van der Waals surface area contributed by atoms with Gasteiger partial charge in [0.1, 0.15) is 7.05 Å². The molecule has 1 heteroatoms. The van der Waals surface area contributed by atoms with E-state index >= 15 is 0 Å². The normalized spacial score (nSPS) is 14.7. The van der Waals surface area contributed by atoms with Gasteiger partial charge >= 0.3 is 0 Å². The number of hydrogen-bond donors (Lipinski definition) is 0. The van der Waals surface area contributed by atoms with Crippen molar-refractivity contribution in [3.8, 4) is 22.4 Å². The van der Waals surface area contributed by atoms with Crippen LogP contribution in [-0.4, -0.2) is 0 Å². The zero-order valence-electron chi connectivity index (χ0n) is 16.8. The highest BCUT2D eigenvalue weighted by atomic mass is 14.9. The lowest BCUT2D eigenvalue weighted by Gasteiger charge is -2.10. The van der Waals surface area contributed by atoms with Gasteiger partial charge in [0.2, 0.25) is 5.69 Å². The van der Waals surface area contributed by atoms with Crippen molar-refractivity contribution in [2.24, 2.45) is 7.05 Å². The molecule has 0 N–H and O–H groups in total. The largest absolute Gasteiger partial charge is 0.212 e. The lowest BCUT2D eigenvalue weighted by Crippen LogP contribution is -2.31. The molecule has 1 heterocycles. The van der Waals surface area contributed by atoms with Crippen LogP contribution in [0.4, 0.5) is 0 Å². The van der Waals surface area contributed by atoms with E-state index in [1.54, 1.807) is 12.3 Å². The van der Waals surface area contributed by atoms with Crippen molar-refractivity contribution in [1.29, 1.82) is 0 Å². The monoisotopic (exact) mass is 303 g/mol. The Kier molecular flexibility index (Phi) is 2.46. The molecule has 0 aliphatic heterocycles. The first-order chi connectivity index (χ1) is 12.3. The number of fused-ring (bicyclic) bond motifs is 3. The summed E-state index contributed by atoms with van der Waals surface area (Å²) in [4.78, 5) is 0. The van der Waals surface area contributed by atoms with E-state index in [1.807, 2.05) is 17.7 Å². The number of nitrogens with zero attached hydrogens (tertiary/aromatic N) is 1. The number of aryl methyl sites for hydroxylation is 3. The number of pyridine rings is 1.